The van der Waals surface area contributed by atoms with E-state index in [9.17, 15) is 0 Å². The third-order valence-corrected chi connectivity index (χ3v) is 14.3. The van der Waals surface area contributed by atoms with Gasteiger partial charge >= 0.3 is 0 Å². The number of nitrogens with zero attached hydrogens (tertiary/aromatic N) is 2. The molecule has 2 nitrogen and oxygen atoms in total. The highest BCUT2D eigenvalue weighted by Gasteiger charge is 2.36. The number of hydrogen-bond donors (Lipinski definition) is 0. The number of rotatable bonds is 7. The lowest BCUT2D eigenvalue weighted by Gasteiger charge is -2.22. The van der Waals surface area contributed by atoms with Crippen LogP contribution in [0.1, 0.15) is 41.7 Å². The van der Waals surface area contributed by atoms with E-state index >= 15 is 0 Å². The van der Waals surface area contributed by atoms with Crippen molar-refractivity contribution < 1.29 is 0 Å². The molecule has 1 aliphatic rings. The largest absolute Gasteiger partial charge is 0.309 e. The summed E-state index contributed by atoms with van der Waals surface area (Å²) in [5, 5.41) is 5.06. The lowest BCUT2D eigenvalue weighted by molar-refractivity contribution is 0.660. The summed E-state index contributed by atoms with van der Waals surface area (Å²) in [6.07, 6.45) is 2.38. The monoisotopic (exact) mass is 854 g/mol. The molecule has 0 unspecified atom stereocenters. The first-order valence-corrected chi connectivity index (χ1v) is 23.3. The Hall–Kier alpha value is -8.46. The molecule has 13 rings (SSSR count). The van der Waals surface area contributed by atoms with Crippen LogP contribution in [0, 0.1) is 0 Å². The molecule has 316 valence electrons. The molecule has 0 N–H and O–H groups in total. The molecule has 10 aromatic carbocycles. The molecule has 0 amide bonds. The first kappa shape index (κ1) is 39.0. The molecule has 1 aliphatic carbocycles. The molecule has 0 radical (unpaired) electrons. The Kier molecular flexibility index (Phi) is 8.91. The van der Waals surface area contributed by atoms with Gasteiger partial charge in [0, 0.05) is 38.3 Å². The van der Waals surface area contributed by atoms with Crippen LogP contribution in [-0.2, 0) is 5.41 Å². The van der Waals surface area contributed by atoms with Crippen molar-refractivity contribution in [2.45, 2.75) is 19.3 Å². The summed E-state index contributed by atoms with van der Waals surface area (Å²) in [6.45, 7) is 4.78. The standard InChI is InChI=1S/C65H46N2/c1-65(2)59-39-43(26-34-52(59)53-35-31-49(42-60(53)65)48-33-37-64-58(41-48)55-23-13-15-25-62(55)67(64)51-20-10-5-11-21-51)38-56(45-16-6-3-7-17-45)46-29-27-44(28-30-46)47-32-36-63-57(40-47)54-22-12-14-24-61(54)66(63)50-18-8-4-9-19-50/h3-42H,1-2H3/b56-38+. The van der Waals surface area contributed by atoms with Crippen molar-refractivity contribution in [2.75, 3.05) is 0 Å². The van der Waals surface area contributed by atoms with Crippen LogP contribution >= 0.6 is 0 Å². The van der Waals surface area contributed by atoms with Crippen molar-refractivity contribution in [3.63, 3.8) is 0 Å². The predicted molar refractivity (Wildman–Crippen MR) is 283 cm³/mol. The van der Waals surface area contributed by atoms with Gasteiger partial charge in [-0.25, -0.2) is 0 Å². The fraction of sp³-hybridized carbons (Fsp3) is 0.0462. The van der Waals surface area contributed by atoms with E-state index in [1.807, 2.05) is 0 Å². The number of hydrogen-bond acceptors (Lipinski definition) is 0. The fourth-order valence-electron chi connectivity index (χ4n) is 11.0. The van der Waals surface area contributed by atoms with E-state index in [1.54, 1.807) is 0 Å². The molecule has 12 aromatic rings. The minimum atomic E-state index is -0.180. The SMILES string of the molecule is CC1(C)c2cc(/C=C(\c3ccccc3)c3ccc(-c4ccc5c(c4)c4ccccc4n5-c4ccccc4)cc3)ccc2-c2ccc(-c3ccc4c(c3)c3ccccc3n4-c3ccccc3)cc21. The van der Waals surface area contributed by atoms with Crippen molar-refractivity contribution >= 4 is 55.3 Å². The van der Waals surface area contributed by atoms with Crippen molar-refractivity contribution in [1.82, 2.24) is 9.13 Å². The van der Waals surface area contributed by atoms with Gasteiger partial charge in [-0.05, 0) is 140 Å². The zero-order valence-corrected chi connectivity index (χ0v) is 37.5. The van der Waals surface area contributed by atoms with Crippen LogP contribution in [0.15, 0.2) is 237 Å². The highest BCUT2D eigenvalue weighted by molar-refractivity contribution is 6.11. The van der Waals surface area contributed by atoms with Crippen molar-refractivity contribution in [2.24, 2.45) is 0 Å². The smallest absolute Gasteiger partial charge is 0.0541 e. The van der Waals surface area contributed by atoms with Gasteiger partial charge in [0.15, 0.2) is 0 Å². The third-order valence-electron chi connectivity index (χ3n) is 14.3. The maximum Gasteiger partial charge on any atom is 0.0541 e. The van der Waals surface area contributed by atoms with Gasteiger partial charge in [0.05, 0.1) is 22.1 Å². The summed E-state index contributed by atoms with van der Waals surface area (Å²) in [4.78, 5) is 0. The summed E-state index contributed by atoms with van der Waals surface area (Å²) >= 11 is 0. The summed E-state index contributed by atoms with van der Waals surface area (Å²) < 4.78 is 4.76. The lowest BCUT2D eigenvalue weighted by Crippen LogP contribution is -2.15. The van der Waals surface area contributed by atoms with Crippen LogP contribution in [0.25, 0.3) is 100 Å². The minimum absolute atomic E-state index is 0.180. The number of benzene rings is 10. The van der Waals surface area contributed by atoms with Gasteiger partial charge in [0.25, 0.3) is 0 Å². The summed E-state index contributed by atoms with van der Waals surface area (Å²) in [6, 6.07) is 86.9. The van der Waals surface area contributed by atoms with Gasteiger partial charge in [-0.3, -0.25) is 0 Å². The molecule has 0 fully saturated rings. The molecular weight excluding hydrogens is 809 g/mol. The van der Waals surface area contributed by atoms with Crippen molar-refractivity contribution in [3.05, 3.63) is 264 Å². The van der Waals surface area contributed by atoms with Crippen LogP contribution in [0.4, 0.5) is 0 Å². The van der Waals surface area contributed by atoms with E-state index in [1.165, 1.54) is 122 Å². The number of para-hydroxylation sites is 4. The fourth-order valence-corrected chi connectivity index (χ4v) is 11.0. The maximum absolute atomic E-state index is 2.44. The first-order valence-electron chi connectivity index (χ1n) is 23.3. The minimum Gasteiger partial charge on any atom is -0.309 e. The second kappa shape index (κ2) is 15.3. The third kappa shape index (κ3) is 6.32. The molecule has 0 atom stereocenters. The second-order valence-electron chi connectivity index (χ2n) is 18.5. The summed E-state index contributed by atoms with van der Waals surface area (Å²) in [7, 11) is 0. The molecule has 2 heterocycles. The highest BCUT2D eigenvalue weighted by Crippen LogP contribution is 2.50. The normalized spacial score (nSPS) is 13.1. The molecule has 0 bridgehead atoms. The van der Waals surface area contributed by atoms with Crippen LogP contribution in [0.3, 0.4) is 0 Å². The molecule has 0 saturated heterocycles. The van der Waals surface area contributed by atoms with Gasteiger partial charge in [-0.1, -0.05) is 184 Å². The quantitative estimate of drug-likeness (QED) is 0.141. The zero-order valence-electron chi connectivity index (χ0n) is 37.5. The Morgan fingerprint density at radius 3 is 1.34 bits per heavy atom. The maximum atomic E-state index is 2.44. The van der Waals surface area contributed by atoms with E-state index in [0.29, 0.717) is 0 Å². The molecule has 2 heteroatoms. The van der Waals surface area contributed by atoms with E-state index in [2.05, 4.69) is 266 Å². The van der Waals surface area contributed by atoms with Gasteiger partial charge in [-0.2, -0.15) is 0 Å². The van der Waals surface area contributed by atoms with Crippen molar-refractivity contribution in [1.29, 1.82) is 0 Å². The van der Waals surface area contributed by atoms with E-state index in [-0.39, 0.29) is 5.41 Å². The molecule has 0 aliphatic heterocycles. The molecule has 2 aromatic heterocycles. The first-order chi connectivity index (χ1) is 33.0. The Balaban J connectivity index is 0.843. The zero-order chi connectivity index (χ0) is 44.6. The van der Waals surface area contributed by atoms with Gasteiger partial charge < -0.3 is 9.13 Å². The average molecular weight is 855 g/mol. The molecule has 67 heavy (non-hydrogen) atoms. The van der Waals surface area contributed by atoms with E-state index in [4.69, 9.17) is 0 Å². The van der Waals surface area contributed by atoms with Gasteiger partial charge in [0.2, 0.25) is 0 Å². The molecular formula is C65H46N2. The summed E-state index contributed by atoms with van der Waals surface area (Å²) in [5.74, 6) is 0. The van der Waals surface area contributed by atoms with E-state index < -0.39 is 0 Å². The Morgan fingerprint density at radius 2 is 0.761 bits per heavy atom. The average Bonchev–Trinajstić information content (AvgIpc) is 3.98. The number of fused-ring (bicyclic) bond motifs is 9. The van der Waals surface area contributed by atoms with Crippen LogP contribution in [0.2, 0.25) is 0 Å². The Bertz CT molecular complexity index is 3900. The van der Waals surface area contributed by atoms with E-state index in [0.717, 1.165) is 0 Å². The second-order valence-corrected chi connectivity index (χ2v) is 18.5. The Labute approximate surface area is 391 Å². The van der Waals surface area contributed by atoms with Gasteiger partial charge in [-0.15, -0.1) is 0 Å². The van der Waals surface area contributed by atoms with Crippen LogP contribution in [-0.4, -0.2) is 9.13 Å². The van der Waals surface area contributed by atoms with Crippen LogP contribution in [0.5, 0.6) is 0 Å². The summed E-state index contributed by atoms with van der Waals surface area (Å²) in [5.41, 5.74) is 22.1. The Morgan fingerprint density at radius 1 is 0.343 bits per heavy atom. The van der Waals surface area contributed by atoms with Crippen molar-refractivity contribution in [3.8, 4) is 44.8 Å². The van der Waals surface area contributed by atoms with Crippen LogP contribution < -0.4 is 0 Å². The predicted octanol–water partition coefficient (Wildman–Crippen LogP) is 17.1. The highest BCUT2D eigenvalue weighted by atomic mass is 15.0. The van der Waals surface area contributed by atoms with Gasteiger partial charge in [0.1, 0.15) is 0 Å². The lowest BCUT2D eigenvalue weighted by atomic mass is 9.81. The topological polar surface area (TPSA) is 9.86 Å². The number of aromatic nitrogens is 2. The molecule has 0 saturated carbocycles. The molecule has 0 spiro atoms.